The van der Waals surface area contributed by atoms with Crippen LogP contribution in [0.5, 0.6) is 5.75 Å². The fraction of sp³-hybridized carbons (Fsp3) is 0.357. The number of nitrogens with one attached hydrogen (secondary N) is 2. The zero-order valence-electron chi connectivity index (χ0n) is 12.2. The van der Waals surface area contributed by atoms with Gasteiger partial charge in [-0.2, -0.15) is 5.01 Å². The van der Waals surface area contributed by atoms with Crippen LogP contribution < -0.4 is 15.5 Å². The molecule has 1 aromatic carbocycles. The Morgan fingerprint density at radius 3 is 2.68 bits per heavy atom. The zero-order chi connectivity index (χ0) is 16.3. The van der Waals surface area contributed by atoms with Gasteiger partial charge in [-0.3, -0.25) is 15.0 Å². The van der Waals surface area contributed by atoms with Gasteiger partial charge < -0.3 is 10.1 Å². The van der Waals surface area contributed by atoms with Crippen LogP contribution in [0.25, 0.3) is 0 Å². The van der Waals surface area contributed by atoms with Gasteiger partial charge in [0.15, 0.2) is 6.61 Å². The van der Waals surface area contributed by atoms with Crippen LogP contribution in [-0.2, 0) is 9.59 Å². The number of nitrogens with zero attached hydrogens (tertiary/aromatic N) is 1. The Labute approximate surface area is 132 Å². The number of hydrogen-bond acceptors (Lipinski definition) is 4. The average Bonchev–Trinajstić information content (AvgIpc) is 2.70. The van der Waals surface area contributed by atoms with Gasteiger partial charge in [0.1, 0.15) is 11.3 Å². The van der Waals surface area contributed by atoms with E-state index >= 15 is 0 Å². The number of amides is 4. The molecule has 1 aliphatic heterocycles. The van der Waals surface area contributed by atoms with Crippen LogP contribution in [-0.4, -0.2) is 35.0 Å². The van der Waals surface area contributed by atoms with Crippen LogP contribution in [0.1, 0.15) is 20.3 Å². The van der Waals surface area contributed by atoms with Gasteiger partial charge in [0, 0.05) is 0 Å². The molecule has 118 valence electrons. The molecule has 2 rings (SSSR count). The van der Waals surface area contributed by atoms with E-state index in [1.807, 2.05) is 0 Å². The van der Waals surface area contributed by atoms with E-state index < -0.39 is 23.4 Å². The van der Waals surface area contributed by atoms with E-state index in [4.69, 9.17) is 16.3 Å². The van der Waals surface area contributed by atoms with Crippen molar-refractivity contribution in [3.63, 3.8) is 0 Å². The van der Waals surface area contributed by atoms with E-state index in [2.05, 4.69) is 10.7 Å². The number of halogens is 1. The van der Waals surface area contributed by atoms with Gasteiger partial charge in [-0.1, -0.05) is 30.7 Å². The number of para-hydroxylation sites is 1. The maximum absolute atomic E-state index is 12.1. The van der Waals surface area contributed by atoms with E-state index in [9.17, 15) is 14.4 Å². The number of hydrogen-bond donors (Lipinski definition) is 2. The quantitative estimate of drug-likeness (QED) is 0.802. The van der Waals surface area contributed by atoms with Gasteiger partial charge in [-0.15, -0.1) is 0 Å². The second-order valence-electron chi connectivity index (χ2n) is 5.01. The lowest BCUT2D eigenvalue weighted by atomic mass is 10.00. The predicted octanol–water partition coefficient (Wildman–Crippen LogP) is 1.47. The Morgan fingerprint density at radius 1 is 1.41 bits per heavy atom. The van der Waals surface area contributed by atoms with Crippen molar-refractivity contribution in [2.75, 3.05) is 6.61 Å². The number of rotatable bonds is 5. The molecule has 1 aromatic rings. The van der Waals surface area contributed by atoms with Crippen LogP contribution in [0.15, 0.2) is 24.3 Å². The average molecular weight is 326 g/mol. The summed E-state index contributed by atoms with van der Waals surface area (Å²) in [5, 5.41) is 3.56. The van der Waals surface area contributed by atoms with Crippen LogP contribution in [0.3, 0.4) is 0 Å². The third-order valence-electron chi connectivity index (χ3n) is 3.40. The summed E-state index contributed by atoms with van der Waals surface area (Å²) in [5.41, 5.74) is 1.22. The predicted molar refractivity (Wildman–Crippen MR) is 79.2 cm³/mol. The molecule has 0 saturated carbocycles. The van der Waals surface area contributed by atoms with Crippen molar-refractivity contribution in [1.82, 2.24) is 15.8 Å². The molecule has 1 saturated heterocycles. The number of benzene rings is 1. The summed E-state index contributed by atoms with van der Waals surface area (Å²) in [6, 6.07) is 6.01. The summed E-state index contributed by atoms with van der Waals surface area (Å²) in [5.74, 6) is -0.801. The summed E-state index contributed by atoms with van der Waals surface area (Å²) in [6.07, 6.45) is 0.417. The molecule has 22 heavy (non-hydrogen) atoms. The molecule has 0 aliphatic carbocycles. The molecule has 8 heteroatoms. The maximum atomic E-state index is 12.1. The van der Waals surface area contributed by atoms with Gasteiger partial charge in [-0.25, -0.2) is 4.79 Å². The van der Waals surface area contributed by atoms with E-state index in [0.29, 0.717) is 22.2 Å². The van der Waals surface area contributed by atoms with Crippen LogP contribution >= 0.6 is 11.6 Å². The number of urea groups is 1. The maximum Gasteiger partial charge on any atom is 0.344 e. The molecule has 0 radical (unpaired) electrons. The highest BCUT2D eigenvalue weighted by Gasteiger charge is 2.47. The van der Waals surface area contributed by atoms with E-state index in [1.165, 1.54) is 0 Å². The smallest absolute Gasteiger partial charge is 0.344 e. The van der Waals surface area contributed by atoms with E-state index in [1.54, 1.807) is 38.1 Å². The van der Waals surface area contributed by atoms with Crippen molar-refractivity contribution < 1.29 is 19.1 Å². The van der Waals surface area contributed by atoms with Crippen molar-refractivity contribution >= 4 is 29.4 Å². The largest absolute Gasteiger partial charge is 0.482 e. The molecule has 1 atom stereocenters. The summed E-state index contributed by atoms with van der Waals surface area (Å²) in [4.78, 5) is 35.7. The molecule has 4 amide bonds. The number of carbonyl (C=O) groups is 3. The lowest BCUT2D eigenvalue weighted by Gasteiger charge is -2.19. The van der Waals surface area contributed by atoms with Crippen LogP contribution in [0, 0.1) is 0 Å². The highest BCUT2D eigenvalue weighted by atomic mass is 35.5. The Kier molecular flexibility index (Phi) is 4.56. The van der Waals surface area contributed by atoms with Crippen LogP contribution in [0.2, 0.25) is 5.02 Å². The summed E-state index contributed by atoms with van der Waals surface area (Å²) in [6.45, 7) is 2.99. The normalized spacial score (nSPS) is 20.8. The van der Waals surface area contributed by atoms with Crippen molar-refractivity contribution in [1.29, 1.82) is 0 Å². The third-order valence-corrected chi connectivity index (χ3v) is 3.71. The molecule has 2 N–H and O–H groups in total. The lowest BCUT2D eigenvalue weighted by molar-refractivity contribution is -0.139. The highest BCUT2D eigenvalue weighted by Crippen LogP contribution is 2.23. The third kappa shape index (κ3) is 3.14. The van der Waals surface area contributed by atoms with Crippen molar-refractivity contribution in [3.05, 3.63) is 29.3 Å². The first-order valence-corrected chi connectivity index (χ1v) is 7.08. The molecule has 1 heterocycles. The van der Waals surface area contributed by atoms with Crippen molar-refractivity contribution in [2.24, 2.45) is 0 Å². The second kappa shape index (κ2) is 6.23. The molecule has 7 nitrogen and oxygen atoms in total. The fourth-order valence-corrected chi connectivity index (χ4v) is 2.08. The highest BCUT2D eigenvalue weighted by molar-refractivity contribution is 6.32. The van der Waals surface area contributed by atoms with Crippen molar-refractivity contribution in [3.8, 4) is 5.75 Å². The molecule has 0 bridgehead atoms. The SMILES string of the molecule is CC[C@@]1(C)NC(=O)N(NC(=O)COc2ccccc2Cl)C1=O. The first-order valence-electron chi connectivity index (χ1n) is 6.71. The lowest BCUT2D eigenvalue weighted by Crippen LogP contribution is -2.49. The van der Waals surface area contributed by atoms with Gasteiger partial charge >= 0.3 is 6.03 Å². The Bertz CT molecular complexity index is 622. The topological polar surface area (TPSA) is 87.7 Å². The van der Waals surface area contributed by atoms with Gasteiger partial charge in [0.25, 0.3) is 11.8 Å². The first kappa shape index (κ1) is 16.1. The molecule has 0 unspecified atom stereocenters. The summed E-state index contributed by atoms with van der Waals surface area (Å²) < 4.78 is 5.24. The van der Waals surface area contributed by atoms with Gasteiger partial charge in [0.2, 0.25) is 0 Å². The number of ether oxygens (including phenoxy) is 1. The van der Waals surface area contributed by atoms with Crippen molar-refractivity contribution in [2.45, 2.75) is 25.8 Å². The Morgan fingerprint density at radius 2 is 2.09 bits per heavy atom. The second-order valence-corrected chi connectivity index (χ2v) is 5.42. The van der Waals surface area contributed by atoms with Gasteiger partial charge in [-0.05, 0) is 25.5 Å². The molecule has 0 aromatic heterocycles. The fourth-order valence-electron chi connectivity index (χ4n) is 1.89. The minimum atomic E-state index is -1.01. The number of carbonyl (C=O) groups excluding carboxylic acids is 3. The molecule has 1 fully saturated rings. The molecule has 0 spiro atoms. The van der Waals surface area contributed by atoms with E-state index in [-0.39, 0.29) is 6.61 Å². The molecular formula is C14H16ClN3O4. The van der Waals surface area contributed by atoms with E-state index in [0.717, 1.165) is 0 Å². The first-order chi connectivity index (χ1) is 10.4. The van der Waals surface area contributed by atoms with Crippen LogP contribution in [0.4, 0.5) is 4.79 Å². The minimum absolute atomic E-state index is 0.343. The monoisotopic (exact) mass is 325 g/mol. The summed E-state index contributed by atoms with van der Waals surface area (Å²) >= 11 is 5.90. The Hall–Kier alpha value is -2.28. The van der Waals surface area contributed by atoms with Gasteiger partial charge in [0.05, 0.1) is 5.02 Å². The minimum Gasteiger partial charge on any atom is -0.482 e. The molecular weight excluding hydrogens is 310 g/mol. The zero-order valence-corrected chi connectivity index (χ0v) is 12.9. The number of hydrazine groups is 1. The summed E-state index contributed by atoms with van der Waals surface area (Å²) in [7, 11) is 0. The standard InChI is InChI=1S/C14H16ClN3O4/c1-3-14(2)12(20)18(13(21)16-14)17-11(19)8-22-10-7-5-4-6-9(10)15/h4-7H,3,8H2,1-2H3,(H,16,21)(H,17,19)/t14-/m1/s1. The molecule has 1 aliphatic rings. The Balaban J connectivity index is 1.94. The number of imide groups is 1.